The summed E-state index contributed by atoms with van der Waals surface area (Å²) in [6, 6.07) is 13.8. The molecule has 3 rings (SSSR count). The van der Waals surface area contributed by atoms with E-state index in [2.05, 4.69) is 10.1 Å². The molecule has 2 aromatic rings. The van der Waals surface area contributed by atoms with Crippen LogP contribution in [0.4, 0.5) is 0 Å². The third-order valence-corrected chi connectivity index (χ3v) is 5.12. The molecule has 8 nitrogen and oxygen atoms in total. The summed E-state index contributed by atoms with van der Waals surface area (Å²) in [5.41, 5.74) is 1.79. The number of methoxy groups -OCH3 is 1. The van der Waals surface area contributed by atoms with Crippen molar-refractivity contribution in [1.29, 1.82) is 0 Å². The second-order valence-corrected chi connectivity index (χ2v) is 7.17. The fourth-order valence-electron chi connectivity index (χ4n) is 3.26. The molecule has 1 aliphatic rings. The van der Waals surface area contributed by atoms with Gasteiger partial charge in [0.05, 0.1) is 7.11 Å². The number of amides is 2. The van der Waals surface area contributed by atoms with Gasteiger partial charge in [0, 0.05) is 20.0 Å². The zero-order valence-corrected chi connectivity index (χ0v) is 17.6. The van der Waals surface area contributed by atoms with Gasteiger partial charge >= 0.3 is 5.97 Å². The third-order valence-electron chi connectivity index (χ3n) is 5.12. The van der Waals surface area contributed by atoms with Crippen molar-refractivity contribution in [2.24, 2.45) is 0 Å². The molecule has 2 aromatic carbocycles. The van der Waals surface area contributed by atoms with Crippen LogP contribution in [0.3, 0.4) is 0 Å². The lowest BCUT2D eigenvalue weighted by Crippen LogP contribution is -2.50. The average molecular weight is 426 g/mol. The Hall–Kier alpha value is -3.55. The lowest BCUT2D eigenvalue weighted by Gasteiger charge is -2.27. The normalized spacial score (nSPS) is 17.0. The molecule has 0 aliphatic carbocycles. The summed E-state index contributed by atoms with van der Waals surface area (Å²) in [5, 5.41) is 2.93. The summed E-state index contributed by atoms with van der Waals surface area (Å²) in [4.78, 5) is 38.2. The van der Waals surface area contributed by atoms with Crippen molar-refractivity contribution in [2.45, 2.75) is 18.9 Å². The quantitative estimate of drug-likeness (QED) is 0.726. The summed E-state index contributed by atoms with van der Waals surface area (Å²) in [6.07, 6.45) is 0.942. The van der Waals surface area contributed by atoms with E-state index in [1.165, 1.54) is 12.0 Å². The summed E-state index contributed by atoms with van der Waals surface area (Å²) >= 11 is 0. The molecular formula is C23H26N2O6. The average Bonchev–Trinajstić information content (AvgIpc) is 2.81. The zero-order valence-electron chi connectivity index (χ0n) is 17.6. The monoisotopic (exact) mass is 426 g/mol. The van der Waals surface area contributed by atoms with Crippen LogP contribution in [0.1, 0.15) is 11.1 Å². The standard InChI is InChI=1S/C23H26N2O6/c1-25-19(13-16-7-9-18(10-8-16)30-15-22(27)29-2)23(28)24-12-11-17-5-3-4-6-20(17)31-14-21(25)26/h3-10,19H,11-15H2,1-2H3,(H,24,28). The first-order valence-electron chi connectivity index (χ1n) is 10.0. The Bertz CT molecular complexity index is 928. The van der Waals surface area contributed by atoms with E-state index >= 15 is 0 Å². The fraction of sp³-hybridized carbons (Fsp3) is 0.348. The Labute approximate surface area is 181 Å². The number of para-hydroxylation sites is 1. The Balaban J connectivity index is 1.70. The first-order chi connectivity index (χ1) is 15.0. The molecule has 0 radical (unpaired) electrons. The molecule has 0 spiro atoms. The van der Waals surface area contributed by atoms with Gasteiger partial charge in [-0.15, -0.1) is 0 Å². The van der Waals surface area contributed by atoms with Gasteiger partial charge in [0.2, 0.25) is 5.91 Å². The van der Waals surface area contributed by atoms with Gasteiger partial charge in [-0.05, 0) is 35.7 Å². The number of nitrogens with one attached hydrogen (secondary N) is 1. The number of esters is 1. The SMILES string of the molecule is COC(=O)COc1ccc(CC2C(=O)NCCc3ccccc3OCC(=O)N2C)cc1. The molecule has 164 valence electrons. The number of hydrogen-bond acceptors (Lipinski definition) is 6. The summed E-state index contributed by atoms with van der Waals surface area (Å²) in [7, 11) is 2.90. The van der Waals surface area contributed by atoms with Crippen molar-refractivity contribution in [3.8, 4) is 11.5 Å². The minimum Gasteiger partial charge on any atom is -0.483 e. The predicted molar refractivity (Wildman–Crippen MR) is 113 cm³/mol. The number of fused-ring (bicyclic) bond motifs is 1. The van der Waals surface area contributed by atoms with E-state index in [1.54, 1.807) is 31.3 Å². The van der Waals surface area contributed by atoms with Gasteiger partial charge in [0.1, 0.15) is 17.5 Å². The Morgan fingerprint density at radius 3 is 2.65 bits per heavy atom. The molecular weight excluding hydrogens is 400 g/mol. The highest BCUT2D eigenvalue weighted by atomic mass is 16.6. The third kappa shape index (κ3) is 5.97. The predicted octanol–water partition coefficient (Wildman–Crippen LogP) is 1.36. The number of nitrogens with zero attached hydrogens (tertiary/aromatic N) is 1. The van der Waals surface area contributed by atoms with E-state index in [1.807, 2.05) is 24.3 Å². The van der Waals surface area contributed by atoms with E-state index in [9.17, 15) is 14.4 Å². The molecule has 1 N–H and O–H groups in total. The van der Waals surface area contributed by atoms with E-state index in [0.717, 1.165) is 11.1 Å². The van der Waals surface area contributed by atoms with Crippen LogP contribution >= 0.6 is 0 Å². The van der Waals surface area contributed by atoms with Crippen LogP contribution in [0.2, 0.25) is 0 Å². The van der Waals surface area contributed by atoms with Crippen molar-refractivity contribution < 1.29 is 28.6 Å². The highest BCUT2D eigenvalue weighted by molar-refractivity contribution is 5.88. The highest BCUT2D eigenvalue weighted by Gasteiger charge is 2.28. The lowest BCUT2D eigenvalue weighted by atomic mass is 10.0. The molecule has 0 fully saturated rings. The summed E-state index contributed by atoms with van der Waals surface area (Å²) in [5.74, 6) is 0.190. The molecule has 0 bridgehead atoms. The van der Waals surface area contributed by atoms with Gasteiger partial charge in [-0.3, -0.25) is 9.59 Å². The van der Waals surface area contributed by atoms with Gasteiger partial charge in [-0.1, -0.05) is 30.3 Å². The molecule has 31 heavy (non-hydrogen) atoms. The maximum absolute atomic E-state index is 12.9. The minimum absolute atomic E-state index is 0.141. The van der Waals surface area contributed by atoms with E-state index < -0.39 is 12.0 Å². The van der Waals surface area contributed by atoms with Crippen molar-refractivity contribution in [3.05, 3.63) is 59.7 Å². The topological polar surface area (TPSA) is 94.2 Å². The molecule has 1 heterocycles. The molecule has 1 aliphatic heterocycles. The van der Waals surface area contributed by atoms with Crippen LogP contribution < -0.4 is 14.8 Å². The smallest absolute Gasteiger partial charge is 0.343 e. The number of hydrogen-bond donors (Lipinski definition) is 1. The Morgan fingerprint density at radius 1 is 1.16 bits per heavy atom. The first kappa shape index (κ1) is 22.1. The second-order valence-electron chi connectivity index (χ2n) is 7.17. The van der Waals surface area contributed by atoms with E-state index in [-0.39, 0.29) is 25.0 Å². The molecule has 0 saturated heterocycles. The summed E-state index contributed by atoms with van der Waals surface area (Å²) < 4.78 is 15.6. The number of ether oxygens (including phenoxy) is 3. The molecule has 1 unspecified atom stereocenters. The van der Waals surface area contributed by atoms with E-state index in [0.29, 0.717) is 30.9 Å². The van der Waals surface area contributed by atoms with Gasteiger partial charge in [0.25, 0.3) is 5.91 Å². The van der Waals surface area contributed by atoms with Crippen molar-refractivity contribution in [3.63, 3.8) is 0 Å². The van der Waals surface area contributed by atoms with Crippen LogP contribution in [-0.2, 0) is 32.0 Å². The minimum atomic E-state index is -0.681. The fourth-order valence-corrected chi connectivity index (χ4v) is 3.26. The molecule has 0 saturated carbocycles. The number of carbonyl (C=O) groups excluding carboxylic acids is 3. The van der Waals surface area contributed by atoms with Crippen molar-refractivity contribution in [1.82, 2.24) is 10.2 Å². The van der Waals surface area contributed by atoms with Crippen molar-refractivity contribution in [2.75, 3.05) is 33.9 Å². The number of likely N-dealkylation sites (N-methyl/N-ethyl adjacent to an activating group) is 1. The number of carbonyl (C=O) groups is 3. The Kier molecular flexibility index (Phi) is 7.48. The van der Waals surface area contributed by atoms with Gasteiger partial charge < -0.3 is 24.4 Å². The van der Waals surface area contributed by atoms with Gasteiger partial charge in [0.15, 0.2) is 13.2 Å². The zero-order chi connectivity index (χ0) is 22.2. The number of benzene rings is 2. The maximum atomic E-state index is 12.9. The lowest BCUT2D eigenvalue weighted by molar-refractivity contribution is -0.142. The first-order valence-corrected chi connectivity index (χ1v) is 10.0. The molecule has 2 amide bonds. The molecule has 8 heteroatoms. The van der Waals surface area contributed by atoms with Gasteiger partial charge in [-0.25, -0.2) is 4.79 Å². The molecule has 1 atom stereocenters. The van der Waals surface area contributed by atoms with Crippen LogP contribution in [0.15, 0.2) is 48.5 Å². The molecule has 0 aromatic heterocycles. The second kappa shape index (κ2) is 10.5. The van der Waals surface area contributed by atoms with Crippen LogP contribution in [0, 0.1) is 0 Å². The number of rotatable bonds is 5. The van der Waals surface area contributed by atoms with Crippen LogP contribution in [-0.4, -0.2) is 62.6 Å². The van der Waals surface area contributed by atoms with Crippen LogP contribution in [0.5, 0.6) is 11.5 Å². The van der Waals surface area contributed by atoms with E-state index in [4.69, 9.17) is 9.47 Å². The largest absolute Gasteiger partial charge is 0.483 e. The highest BCUT2D eigenvalue weighted by Crippen LogP contribution is 2.20. The van der Waals surface area contributed by atoms with Crippen LogP contribution in [0.25, 0.3) is 0 Å². The Morgan fingerprint density at radius 2 is 1.90 bits per heavy atom. The van der Waals surface area contributed by atoms with Gasteiger partial charge in [-0.2, -0.15) is 0 Å². The summed E-state index contributed by atoms with van der Waals surface area (Å²) in [6.45, 7) is 0.121. The van der Waals surface area contributed by atoms with Crippen molar-refractivity contribution >= 4 is 17.8 Å². The maximum Gasteiger partial charge on any atom is 0.343 e.